The molecule has 0 aliphatic heterocycles. The van der Waals surface area contributed by atoms with Gasteiger partial charge in [-0.15, -0.1) is 0 Å². The Hall–Kier alpha value is 0.350. The summed E-state index contributed by atoms with van der Waals surface area (Å²) in [6.45, 7) is 0.986. The van der Waals surface area contributed by atoms with E-state index in [1.54, 1.807) is 4.90 Å². The monoisotopic (exact) mass is 213 g/mol. The van der Waals surface area contributed by atoms with Crippen molar-refractivity contribution in [1.29, 1.82) is 0 Å². The number of carbonyl (C=O) groups is 1. The molecular formula is C8H16NNaO4. The van der Waals surface area contributed by atoms with Crippen LogP contribution in [0.4, 0.5) is 0 Å². The van der Waals surface area contributed by atoms with Gasteiger partial charge in [0.1, 0.15) is 0 Å². The average Bonchev–Trinajstić information content (AvgIpc) is 2.09. The third kappa shape index (κ3) is 10.4. The summed E-state index contributed by atoms with van der Waals surface area (Å²) in [5.41, 5.74) is 0. The largest absolute Gasteiger partial charge is 1.00 e. The van der Waals surface area contributed by atoms with E-state index in [-0.39, 0.29) is 49.3 Å². The molecule has 0 aromatic heterocycles. The number of aliphatic hydroxyl groups excluding tert-OH is 2. The third-order valence-electron chi connectivity index (χ3n) is 1.62. The van der Waals surface area contributed by atoms with Crippen LogP contribution in [0.15, 0.2) is 0 Å². The van der Waals surface area contributed by atoms with Crippen LogP contribution in [0.1, 0.15) is 12.8 Å². The summed E-state index contributed by atoms with van der Waals surface area (Å²) < 4.78 is 0. The van der Waals surface area contributed by atoms with Gasteiger partial charge in [0.2, 0.25) is 0 Å². The fourth-order valence-corrected chi connectivity index (χ4v) is 1.04. The Balaban J connectivity index is 0. The van der Waals surface area contributed by atoms with Gasteiger partial charge in [-0.1, -0.05) is 0 Å². The molecule has 0 amide bonds. The molecule has 0 heterocycles. The molecule has 0 unspecified atom stereocenters. The van der Waals surface area contributed by atoms with Gasteiger partial charge in [0.05, 0.1) is 5.97 Å². The van der Waals surface area contributed by atoms with Crippen molar-refractivity contribution in [1.82, 2.24) is 4.90 Å². The summed E-state index contributed by atoms with van der Waals surface area (Å²) in [5, 5.41) is 27.3. The molecule has 5 nitrogen and oxygen atoms in total. The Morgan fingerprint density at radius 2 is 1.57 bits per heavy atom. The third-order valence-corrected chi connectivity index (χ3v) is 1.62. The zero-order valence-corrected chi connectivity index (χ0v) is 10.6. The van der Waals surface area contributed by atoms with Crippen molar-refractivity contribution in [3.05, 3.63) is 0 Å². The molecule has 6 heteroatoms. The summed E-state index contributed by atoms with van der Waals surface area (Å²) in [4.78, 5) is 11.9. The van der Waals surface area contributed by atoms with Crippen LogP contribution in [0.25, 0.3) is 0 Å². The van der Waals surface area contributed by atoms with Gasteiger partial charge >= 0.3 is 29.6 Å². The first kappa shape index (κ1) is 16.8. The molecule has 0 aliphatic rings. The predicted octanol–water partition coefficient (Wildman–Crippen LogP) is -5.19. The van der Waals surface area contributed by atoms with E-state index in [1.807, 2.05) is 0 Å². The first-order valence-electron chi connectivity index (χ1n) is 4.34. The fraction of sp³-hybridized carbons (Fsp3) is 0.875. The van der Waals surface area contributed by atoms with Crippen molar-refractivity contribution in [2.24, 2.45) is 0 Å². The SMILES string of the molecule is O=C([O-])CN(CCCO)CCCO.[Na+]. The summed E-state index contributed by atoms with van der Waals surface area (Å²) in [6, 6.07) is 0. The van der Waals surface area contributed by atoms with Crippen molar-refractivity contribution in [2.75, 3.05) is 32.8 Å². The molecular weight excluding hydrogens is 197 g/mol. The van der Waals surface area contributed by atoms with Crippen LogP contribution in [-0.2, 0) is 4.79 Å². The second-order valence-electron chi connectivity index (χ2n) is 2.80. The number of hydrogen-bond donors (Lipinski definition) is 2. The Bertz CT molecular complexity index is 137. The van der Waals surface area contributed by atoms with Crippen molar-refractivity contribution in [3.63, 3.8) is 0 Å². The van der Waals surface area contributed by atoms with Crippen LogP contribution < -0.4 is 34.7 Å². The minimum absolute atomic E-state index is 0. The van der Waals surface area contributed by atoms with Crippen LogP contribution in [0.3, 0.4) is 0 Å². The summed E-state index contributed by atoms with van der Waals surface area (Å²) in [6.07, 6.45) is 1.08. The maximum Gasteiger partial charge on any atom is 1.00 e. The van der Waals surface area contributed by atoms with Crippen LogP contribution in [-0.4, -0.2) is 53.9 Å². The molecule has 0 aromatic carbocycles. The average molecular weight is 213 g/mol. The van der Waals surface area contributed by atoms with Crippen molar-refractivity contribution >= 4 is 5.97 Å². The van der Waals surface area contributed by atoms with Crippen molar-refractivity contribution < 1.29 is 49.7 Å². The molecule has 78 valence electrons. The van der Waals surface area contributed by atoms with Gasteiger partial charge < -0.3 is 20.1 Å². The molecule has 14 heavy (non-hydrogen) atoms. The van der Waals surface area contributed by atoms with Crippen LogP contribution in [0.5, 0.6) is 0 Å². The predicted molar refractivity (Wildman–Crippen MR) is 44.9 cm³/mol. The zero-order valence-electron chi connectivity index (χ0n) is 8.61. The molecule has 0 bridgehead atoms. The maximum absolute atomic E-state index is 10.3. The van der Waals surface area contributed by atoms with E-state index < -0.39 is 5.97 Å². The van der Waals surface area contributed by atoms with Crippen LogP contribution >= 0.6 is 0 Å². The van der Waals surface area contributed by atoms with Crippen LogP contribution in [0.2, 0.25) is 0 Å². The molecule has 0 saturated heterocycles. The first-order chi connectivity index (χ1) is 6.20. The number of nitrogens with zero attached hydrogens (tertiary/aromatic N) is 1. The molecule has 0 rings (SSSR count). The number of carboxylic acids is 1. The Labute approximate surface area is 106 Å². The number of carboxylic acid groups (broad SMARTS) is 1. The fourth-order valence-electron chi connectivity index (χ4n) is 1.04. The van der Waals surface area contributed by atoms with E-state index in [0.29, 0.717) is 25.9 Å². The molecule has 0 aliphatic carbocycles. The van der Waals surface area contributed by atoms with Gasteiger partial charge in [-0.3, -0.25) is 4.90 Å². The molecule has 2 N–H and O–H groups in total. The second kappa shape index (κ2) is 11.4. The number of carbonyl (C=O) groups excluding carboxylic acids is 1. The van der Waals surface area contributed by atoms with Gasteiger partial charge in [0, 0.05) is 32.8 Å². The van der Waals surface area contributed by atoms with E-state index in [2.05, 4.69) is 0 Å². The number of aliphatic carboxylic acids is 1. The van der Waals surface area contributed by atoms with Gasteiger partial charge in [0.25, 0.3) is 0 Å². The number of rotatable bonds is 8. The van der Waals surface area contributed by atoms with Gasteiger partial charge in [-0.05, 0) is 12.8 Å². The van der Waals surface area contributed by atoms with Gasteiger partial charge in [-0.2, -0.15) is 0 Å². The second-order valence-corrected chi connectivity index (χ2v) is 2.80. The molecule has 0 saturated carbocycles. The molecule has 0 radical (unpaired) electrons. The Kier molecular flexibility index (Phi) is 13.7. The number of hydrogen-bond acceptors (Lipinski definition) is 5. The van der Waals surface area contributed by atoms with E-state index in [1.165, 1.54) is 0 Å². The van der Waals surface area contributed by atoms with Crippen LogP contribution in [0, 0.1) is 0 Å². The standard InChI is InChI=1S/C8H17NO4.Na/c10-5-1-3-9(4-2-6-11)7-8(12)13;/h10-11H,1-7H2,(H,12,13);/q;+1/p-1. The van der Waals surface area contributed by atoms with E-state index in [9.17, 15) is 9.90 Å². The van der Waals surface area contributed by atoms with E-state index in [4.69, 9.17) is 10.2 Å². The van der Waals surface area contributed by atoms with Gasteiger partial charge in [-0.25, -0.2) is 0 Å². The Morgan fingerprint density at radius 3 is 1.86 bits per heavy atom. The first-order valence-corrected chi connectivity index (χ1v) is 4.34. The molecule has 0 spiro atoms. The normalized spacial score (nSPS) is 9.93. The van der Waals surface area contributed by atoms with Crippen molar-refractivity contribution in [3.8, 4) is 0 Å². The minimum atomic E-state index is -1.13. The maximum atomic E-state index is 10.3. The molecule has 0 atom stereocenters. The zero-order chi connectivity index (χ0) is 10.1. The topological polar surface area (TPSA) is 83.8 Å². The molecule has 0 aromatic rings. The quantitative estimate of drug-likeness (QED) is 0.394. The molecule has 0 fully saturated rings. The minimum Gasteiger partial charge on any atom is -0.549 e. The van der Waals surface area contributed by atoms with E-state index in [0.717, 1.165) is 0 Å². The summed E-state index contributed by atoms with van der Waals surface area (Å²) in [5.74, 6) is -1.13. The van der Waals surface area contributed by atoms with Gasteiger partial charge in [0.15, 0.2) is 0 Å². The van der Waals surface area contributed by atoms with Crippen molar-refractivity contribution in [2.45, 2.75) is 12.8 Å². The smallest absolute Gasteiger partial charge is 0.549 e. The van der Waals surface area contributed by atoms with E-state index >= 15 is 0 Å². The summed E-state index contributed by atoms with van der Waals surface area (Å²) in [7, 11) is 0. The number of aliphatic hydroxyl groups is 2. The summed E-state index contributed by atoms with van der Waals surface area (Å²) >= 11 is 0. The Morgan fingerprint density at radius 1 is 1.14 bits per heavy atom.